The highest BCUT2D eigenvalue weighted by Gasteiger charge is 2.52. The Morgan fingerprint density at radius 2 is 1.68 bits per heavy atom. The number of pyridine rings is 1. The molecule has 17 heteroatoms. The summed E-state index contributed by atoms with van der Waals surface area (Å²) in [6, 6.07) is 12.9. The summed E-state index contributed by atoms with van der Waals surface area (Å²) < 4.78 is 50.4. The summed E-state index contributed by atoms with van der Waals surface area (Å²) in [7, 11) is 1.24. The lowest BCUT2D eigenvalue weighted by Gasteiger charge is -2.41. The second-order valence-corrected chi connectivity index (χ2v) is 17.6. The number of piperazine rings is 1. The van der Waals surface area contributed by atoms with Crippen LogP contribution < -0.4 is 20.3 Å². The highest BCUT2D eigenvalue weighted by atomic mass is 19.4. The monoisotopic (exact) mass is 858 g/mol. The molecule has 14 nitrogen and oxygen atoms in total. The fraction of sp³-hybridized carbons (Fsp3) is 0.467. The number of rotatable bonds is 11. The van der Waals surface area contributed by atoms with Crippen molar-refractivity contribution in [2.24, 2.45) is 23.2 Å². The summed E-state index contributed by atoms with van der Waals surface area (Å²) in [6.07, 6.45) is -0.960. The van der Waals surface area contributed by atoms with E-state index in [-0.39, 0.29) is 58.2 Å². The van der Waals surface area contributed by atoms with Crippen LogP contribution in [0.3, 0.4) is 0 Å². The number of hydrogen-bond acceptors (Lipinski definition) is 9. The number of aromatic nitrogens is 3. The number of amides is 4. The molecule has 0 bridgehead atoms. The molecule has 0 spiro atoms. The van der Waals surface area contributed by atoms with E-state index >= 15 is 0 Å². The Kier molecular flexibility index (Phi) is 12.3. The van der Waals surface area contributed by atoms with Gasteiger partial charge in [-0.05, 0) is 72.9 Å². The zero-order chi connectivity index (χ0) is 44.7. The Hall–Kier alpha value is -6.13. The molecular weight excluding hydrogens is 806 g/mol. The normalized spacial score (nSPS) is 21.4. The van der Waals surface area contributed by atoms with Gasteiger partial charge in [-0.25, -0.2) is 14.8 Å². The maximum atomic E-state index is 13.7. The zero-order valence-corrected chi connectivity index (χ0v) is 35.9. The van der Waals surface area contributed by atoms with Crippen molar-refractivity contribution in [3.8, 4) is 28.1 Å². The number of alkyl halides is 3. The van der Waals surface area contributed by atoms with Gasteiger partial charge >= 0.3 is 12.5 Å². The number of nitrogens with zero attached hydrogens (tertiary/aromatic N) is 5. The highest BCUT2D eigenvalue weighted by molar-refractivity contribution is 6.05. The third-order valence-electron chi connectivity index (χ3n) is 12.1. The number of anilines is 2. The van der Waals surface area contributed by atoms with Gasteiger partial charge in [0, 0.05) is 61.0 Å². The van der Waals surface area contributed by atoms with E-state index in [0.29, 0.717) is 66.8 Å². The molecule has 2 aliphatic heterocycles. The van der Waals surface area contributed by atoms with Crippen LogP contribution in [0.15, 0.2) is 67.0 Å². The number of methoxy groups -OCH3 is 1. The van der Waals surface area contributed by atoms with Gasteiger partial charge in [-0.3, -0.25) is 14.4 Å². The average molecular weight is 859 g/mol. The lowest BCUT2D eigenvalue weighted by atomic mass is 10.00. The first-order valence-corrected chi connectivity index (χ1v) is 20.9. The molecule has 5 atom stereocenters. The Morgan fingerprint density at radius 1 is 0.968 bits per heavy atom. The van der Waals surface area contributed by atoms with Crippen LogP contribution in [0.4, 0.5) is 29.5 Å². The molecule has 62 heavy (non-hydrogen) atoms. The molecule has 1 saturated carbocycles. The van der Waals surface area contributed by atoms with Gasteiger partial charge in [0.25, 0.3) is 5.91 Å². The topological polar surface area (TPSA) is 162 Å². The number of benzene rings is 2. The lowest BCUT2D eigenvalue weighted by molar-refractivity contribution is -0.274. The molecule has 3 aliphatic rings. The van der Waals surface area contributed by atoms with Crippen LogP contribution in [0.2, 0.25) is 0 Å². The van der Waals surface area contributed by atoms with Crippen molar-refractivity contribution in [1.82, 2.24) is 30.1 Å². The van der Waals surface area contributed by atoms with Crippen LogP contribution in [-0.2, 0) is 14.3 Å². The number of ether oxygens (including phenoxy) is 2. The van der Waals surface area contributed by atoms with Gasteiger partial charge < -0.3 is 39.8 Å². The van der Waals surface area contributed by atoms with Crippen molar-refractivity contribution in [3.63, 3.8) is 0 Å². The van der Waals surface area contributed by atoms with Crippen molar-refractivity contribution < 1.29 is 41.8 Å². The lowest BCUT2D eigenvalue weighted by Crippen LogP contribution is -2.54. The summed E-state index contributed by atoms with van der Waals surface area (Å²) in [5, 5.41) is 5.36. The quantitative estimate of drug-likeness (QED) is 0.138. The van der Waals surface area contributed by atoms with Crippen molar-refractivity contribution in [3.05, 3.63) is 78.4 Å². The molecule has 7 rings (SSSR count). The first-order valence-electron chi connectivity index (χ1n) is 20.9. The maximum absolute atomic E-state index is 13.7. The van der Waals surface area contributed by atoms with Crippen molar-refractivity contribution >= 4 is 35.3 Å². The molecule has 2 saturated heterocycles. The predicted molar refractivity (Wildman–Crippen MR) is 226 cm³/mol. The van der Waals surface area contributed by atoms with Crippen LogP contribution in [0.25, 0.3) is 22.4 Å². The largest absolute Gasteiger partial charge is 0.573 e. The number of nitrogens with one attached hydrogen (secondary N) is 3. The minimum Gasteiger partial charge on any atom is -0.453 e. The molecule has 3 N–H and O–H groups in total. The number of imidazole rings is 1. The second-order valence-electron chi connectivity index (χ2n) is 17.6. The van der Waals surface area contributed by atoms with Crippen LogP contribution in [0.1, 0.15) is 76.6 Å². The highest BCUT2D eigenvalue weighted by Crippen LogP contribution is 2.52. The Balaban J connectivity index is 1.02. The minimum absolute atomic E-state index is 0.0286. The van der Waals surface area contributed by atoms with Gasteiger partial charge in [0.1, 0.15) is 23.4 Å². The van der Waals surface area contributed by atoms with E-state index in [1.165, 1.54) is 25.4 Å². The molecule has 4 aromatic rings. The van der Waals surface area contributed by atoms with Crippen molar-refractivity contribution in [2.45, 2.75) is 78.9 Å². The van der Waals surface area contributed by atoms with Crippen molar-refractivity contribution in [2.75, 3.05) is 43.5 Å². The van der Waals surface area contributed by atoms with E-state index < -0.39 is 30.2 Å². The van der Waals surface area contributed by atoms with Crippen LogP contribution in [0, 0.1) is 23.2 Å². The molecule has 330 valence electrons. The number of H-pyrrole nitrogens is 1. The number of alkyl carbamates (subject to hydrolysis) is 1. The number of hydrogen-bond donors (Lipinski definition) is 3. The first-order chi connectivity index (χ1) is 29.3. The van der Waals surface area contributed by atoms with Gasteiger partial charge in [-0.2, -0.15) is 0 Å². The van der Waals surface area contributed by atoms with E-state index in [1.807, 2.05) is 32.6 Å². The number of likely N-dealkylation sites (tertiary alicyclic amines) is 1. The standard InChI is InChI=1S/C45H53F3N8O6/c1-25(2)38(53-43(60)61-7)42(59)56-23-26(3)18-35(56)39-50-22-34(52-39)29-10-8-28(9-11-29)32-14-12-30(19-36(32)62-45(46,47)48)40(57)51-31-13-15-37(49-21-31)55-17-16-54(24-27(55)4)41(58)33-20-44(33,5)6/h8-15,19,21-22,25-27,33,35,38H,16-18,20,23-24H2,1-7H3,(H,50,52)(H,51,57)(H,53,60)/t26-,27+,33?,35-,38-/m0/s1. The summed E-state index contributed by atoms with van der Waals surface area (Å²) in [5.74, 6) is 0.0841. The smallest absolute Gasteiger partial charge is 0.453 e. The fourth-order valence-corrected chi connectivity index (χ4v) is 8.45. The van der Waals surface area contributed by atoms with E-state index in [1.54, 1.807) is 47.5 Å². The Bertz CT molecular complexity index is 2300. The molecule has 2 aromatic heterocycles. The summed E-state index contributed by atoms with van der Waals surface area (Å²) >= 11 is 0. The van der Waals surface area contributed by atoms with Gasteiger partial charge in [-0.15, -0.1) is 13.2 Å². The van der Waals surface area contributed by atoms with E-state index in [9.17, 15) is 32.3 Å². The predicted octanol–water partition coefficient (Wildman–Crippen LogP) is 7.66. The molecule has 1 aliphatic carbocycles. The number of carbonyl (C=O) groups excluding carboxylic acids is 4. The maximum Gasteiger partial charge on any atom is 0.573 e. The van der Waals surface area contributed by atoms with Crippen LogP contribution in [0.5, 0.6) is 5.75 Å². The molecule has 4 heterocycles. The van der Waals surface area contributed by atoms with Gasteiger partial charge in [0.15, 0.2) is 0 Å². The third kappa shape index (κ3) is 9.66. The van der Waals surface area contributed by atoms with Crippen LogP contribution >= 0.6 is 0 Å². The van der Waals surface area contributed by atoms with E-state index in [0.717, 1.165) is 12.5 Å². The molecule has 2 aromatic carbocycles. The van der Waals surface area contributed by atoms with Gasteiger partial charge in [-0.1, -0.05) is 58.9 Å². The number of halogens is 3. The first kappa shape index (κ1) is 43.9. The molecular formula is C45H53F3N8O6. The van der Waals surface area contributed by atoms with Crippen molar-refractivity contribution in [1.29, 1.82) is 0 Å². The Morgan fingerprint density at radius 3 is 2.29 bits per heavy atom. The summed E-state index contributed by atoms with van der Waals surface area (Å²) in [4.78, 5) is 70.3. The minimum atomic E-state index is -5.03. The third-order valence-corrected chi connectivity index (χ3v) is 12.1. The van der Waals surface area contributed by atoms with Gasteiger partial charge in [0.05, 0.1) is 30.7 Å². The zero-order valence-electron chi connectivity index (χ0n) is 35.9. The average Bonchev–Trinajstić information content (AvgIpc) is 3.50. The SMILES string of the molecule is COC(=O)N[C@H](C(=O)N1C[C@@H](C)C[C@H]1c1nc(-c2ccc(-c3ccc(C(=O)Nc4ccc(N5CCN(C(=O)C6CC6(C)C)C[C@H]5C)nc4)cc3OC(F)(F)F)cc2)c[nH]1)C(C)C. The molecule has 0 radical (unpaired) electrons. The van der Waals surface area contributed by atoms with Gasteiger partial charge in [0.2, 0.25) is 11.8 Å². The summed E-state index contributed by atoms with van der Waals surface area (Å²) in [6.45, 7) is 14.3. The van der Waals surface area contributed by atoms with E-state index in [4.69, 9.17) is 9.72 Å². The molecule has 3 fully saturated rings. The summed E-state index contributed by atoms with van der Waals surface area (Å²) in [5.41, 5.74) is 2.12. The van der Waals surface area contributed by atoms with E-state index in [2.05, 4.69) is 44.1 Å². The molecule has 1 unspecified atom stereocenters. The fourth-order valence-electron chi connectivity index (χ4n) is 8.45. The number of carbonyl (C=O) groups is 4. The Labute approximate surface area is 358 Å². The molecule has 4 amide bonds. The number of aromatic amines is 1. The second kappa shape index (κ2) is 17.3. The van der Waals surface area contributed by atoms with Crippen LogP contribution in [-0.4, -0.2) is 100 Å².